The van der Waals surface area contributed by atoms with Crippen molar-refractivity contribution in [3.05, 3.63) is 58.4 Å². The van der Waals surface area contributed by atoms with Crippen LogP contribution in [0, 0.1) is 11.7 Å². The summed E-state index contributed by atoms with van der Waals surface area (Å²) in [5.41, 5.74) is 2.04. The second-order valence-electron chi connectivity index (χ2n) is 8.17. The maximum Gasteiger partial charge on any atom is 0.281 e. The number of hydrogen-bond donors (Lipinski definition) is 2. The summed E-state index contributed by atoms with van der Waals surface area (Å²) in [4.78, 5) is 26.9. The first kappa shape index (κ1) is 21.8. The molecule has 8 nitrogen and oxygen atoms in total. The van der Waals surface area contributed by atoms with Crippen molar-refractivity contribution in [2.24, 2.45) is 11.1 Å². The second-order valence-corrected chi connectivity index (χ2v) is 8.17. The molecule has 2 amide bonds. The average Bonchev–Trinajstić information content (AvgIpc) is 3.03. The van der Waals surface area contributed by atoms with Crippen LogP contribution in [0.15, 0.2) is 35.5 Å². The highest BCUT2D eigenvalue weighted by molar-refractivity contribution is 6.54. The first-order valence-electron chi connectivity index (χ1n) is 10.4. The molecule has 0 radical (unpaired) electrons. The number of ether oxygens (including phenoxy) is 2. The minimum Gasteiger partial charge on any atom is -0.467 e. The van der Waals surface area contributed by atoms with Crippen molar-refractivity contribution in [2.45, 2.75) is 33.4 Å². The maximum atomic E-state index is 14.2. The SMILES string of the molecule is CC(C)CCNC(=O)c1ccc2c(c1)N(Cc1cc(F)cc3c1OCOC3)C(=O)/C2=N\O. The summed E-state index contributed by atoms with van der Waals surface area (Å²) < 4.78 is 24.9. The first-order valence-corrected chi connectivity index (χ1v) is 10.4. The highest BCUT2D eigenvalue weighted by Gasteiger charge is 2.36. The molecule has 32 heavy (non-hydrogen) atoms. The molecular weight excluding hydrogens is 417 g/mol. The van der Waals surface area contributed by atoms with Gasteiger partial charge in [0.1, 0.15) is 11.6 Å². The summed E-state index contributed by atoms with van der Waals surface area (Å²) in [6.07, 6.45) is 0.844. The summed E-state index contributed by atoms with van der Waals surface area (Å²) in [7, 11) is 0. The van der Waals surface area contributed by atoms with E-state index in [1.165, 1.54) is 17.0 Å². The Morgan fingerprint density at radius 2 is 2.12 bits per heavy atom. The topological polar surface area (TPSA) is 100 Å². The molecule has 2 N–H and O–H groups in total. The van der Waals surface area contributed by atoms with Crippen molar-refractivity contribution in [3.63, 3.8) is 0 Å². The van der Waals surface area contributed by atoms with Crippen LogP contribution in [0.2, 0.25) is 0 Å². The van der Waals surface area contributed by atoms with Gasteiger partial charge in [-0.2, -0.15) is 0 Å². The molecule has 0 aromatic heterocycles. The van der Waals surface area contributed by atoms with Crippen LogP contribution in [-0.2, 0) is 22.7 Å². The van der Waals surface area contributed by atoms with Gasteiger partial charge < -0.3 is 24.9 Å². The zero-order chi connectivity index (χ0) is 22.8. The molecular formula is C23H24FN3O5. The minimum atomic E-state index is -0.551. The summed E-state index contributed by atoms with van der Waals surface area (Å²) in [6, 6.07) is 7.36. The maximum absolute atomic E-state index is 14.2. The predicted molar refractivity (Wildman–Crippen MR) is 114 cm³/mol. The van der Waals surface area contributed by atoms with Gasteiger partial charge in [0.05, 0.1) is 18.8 Å². The number of carbonyl (C=O) groups excluding carboxylic acids is 2. The standard InChI is InChI=1S/C23H24FN3O5/c1-13(2)5-6-25-22(28)14-3-4-18-19(9-14)27(23(29)20(18)26-30)10-15-7-17(24)8-16-11-31-12-32-21(15)16/h3-4,7-9,13,30H,5-6,10-12H2,1-2H3,(H,25,28)/b26-20-. The Hall–Kier alpha value is -3.46. The van der Waals surface area contributed by atoms with E-state index in [4.69, 9.17) is 9.47 Å². The molecule has 0 saturated heterocycles. The molecule has 0 saturated carbocycles. The van der Waals surface area contributed by atoms with Gasteiger partial charge in [0.2, 0.25) is 0 Å². The molecule has 9 heteroatoms. The Morgan fingerprint density at radius 3 is 2.88 bits per heavy atom. The van der Waals surface area contributed by atoms with Gasteiger partial charge in [-0.05, 0) is 42.7 Å². The van der Waals surface area contributed by atoms with Gasteiger partial charge in [0.15, 0.2) is 12.5 Å². The fourth-order valence-corrected chi connectivity index (χ4v) is 3.82. The quantitative estimate of drug-likeness (QED) is 0.530. The van der Waals surface area contributed by atoms with Gasteiger partial charge in [0.25, 0.3) is 11.8 Å². The molecule has 2 heterocycles. The molecule has 4 rings (SSSR count). The Bertz CT molecular complexity index is 1100. The third kappa shape index (κ3) is 4.16. The number of halogens is 1. The Morgan fingerprint density at radius 1 is 1.31 bits per heavy atom. The summed E-state index contributed by atoms with van der Waals surface area (Å²) in [5, 5.41) is 15.4. The van der Waals surface area contributed by atoms with E-state index in [1.807, 2.05) is 0 Å². The van der Waals surface area contributed by atoms with E-state index in [-0.39, 0.29) is 31.6 Å². The molecule has 168 valence electrons. The van der Waals surface area contributed by atoms with Crippen LogP contribution in [0.5, 0.6) is 5.75 Å². The van der Waals surface area contributed by atoms with E-state index in [0.717, 1.165) is 6.42 Å². The number of nitrogens with one attached hydrogen (secondary N) is 1. The van der Waals surface area contributed by atoms with Gasteiger partial charge >= 0.3 is 0 Å². The van der Waals surface area contributed by atoms with Crippen LogP contribution in [0.1, 0.15) is 47.3 Å². The molecule has 0 atom stereocenters. The monoisotopic (exact) mass is 441 g/mol. The van der Waals surface area contributed by atoms with E-state index in [0.29, 0.717) is 46.2 Å². The Balaban J connectivity index is 1.66. The molecule has 2 aromatic rings. The van der Waals surface area contributed by atoms with Gasteiger partial charge in [-0.25, -0.2) is 4.39 Å². The number of benzene rings is 2. The van der Waals surface area contributed by atoms with Crippen LogP contribution in [0.4, 0.5) is 10.1 Å². The zero-order valence-corrected chi connectivity index (χ0v) is 17.9. The molecule has 0 spiro atoms. The van der Waals surface area contributed by atoms with Crippen LogP contribution < -0.4 is 15.0 Å². The van der Waals surface area contributed by atoms with Crippen molar-refractivity contribution < 1.29 is 28.7 Å². The zero-order valence-electron chi connectivity index (χ0n) is 17.9. The van der Waals surface area contributed by atoms with Crippen molar-refractivity contribution in [1.29, 1.82) is 0 Å². The van der Waals surface area contributed by atoms with Gasteiger partial charge in [-0.15, -0.1) is 0 Å². The lowest BCUT2D eigenvalue weighted by Gasteiger charge is -2.24. The smallest absolute Gasteiger partial charge is 0.281 e. The Kier molecular flexibility index (Phi) is 6.09. The molecule has 0 aliphatic carbocycles. The van der Waals surface area contributed by atoms with Crippen LogP contribution in [0.25, 0.3) is 0 Å². The summed E-state index contributed by atoms with van der Waals surface area (Å²) in [6.45, 7) is 4.89. The number of fused-ring (bicyclic) bond motifs is 2. The fraction of sp³-hybridized carbons (Fsp3) is 0.348. The Labute approximate surface area is 184 Å². The normalized spacial score (nSPS) is 16.2. The van der Waals surface area contributed by atoms with Crippen LogP contribution in [-0.4, -0.2) is 36.1 Å². The van der Waals surface area contributed by atoms with E-state index in [2.05, 4.69) is 24.3 Å². The molecule has 2 aromatic carbocycles. The number of rotatable bonds is 6. The number of oxime groups is 1. The summed E-state index contributed by atoms with van der Waals surface area (Å²) >= 11 is 0. The van der Waals surface area contributed by atoms with E-state index in [1.54, 1.807) is 18.2 Å². The fourth-order valence-electron chi connectivity index (χ4n) is 3.82. The number of carbonyl (C=O) groups is 2. The van der Waals surface area contributed by atoms with Crippen LogP contribution in [0.3, 0.4) is 0 Å². The van der Waals surface area contributed by atoms with Crippen molar-refractivity contribution >= 4 is 23.2 Å². The van der Waals surface area contributed by atoms with Crippen LogP contribution >= 0.6 is 0 Å². The van der Waals surface area contributed by atoms with Crippen molar-refractivity contribution in [3.8, 4) is 5.75 Å². The highest BCUT2D eigenvalue weighted by atomic mass is 19.1. The van der Waals surface area contributed by atoms with Gasteiger partial charge in [0, 0.05) is 28.8 Å². The lowest BCUT2D eigenvalue weighted by Crippen LogP contribution is -2.30. The third-order valence-electron chi connectivity index (χ3n) is 5.44. The molecule has 0 fully saturated rings. The van der Waals surface area contributed by atoms with E-state index < -0.39 is 11.7 Å². The van der Waals surface area contributed by atoms with Crippen molar-refractivity contribution in [1.82, 2.24) is 5.32 Å². The summed E-state index contributed by atoms with van der Waals surface area (Å²) in [5.74, 6) is -0.376. The number of nitrogens with zero attached hydrogens (tertiary/aromatic N) is 2. The molecule has 0 bridgehead atoms. The average molecular weight is 441 g/mol. The second kappa shape index (κ2) is 8.96. The molecule has 2 aliphatic rings. The number of anilines is 1. The predicted octanol–water partition coefficient (Wildman–Crippen LogP) is 3.19. The third-order valence-corrected chi connectivity index (χ3v) is 5.44. The minimum absolute atomic E-state index is 0.0244. The largest absolute Gasteiger partial charge is 0.467 e. The number of hydrogen-bond acceptors (Lipinski definition) is 6. The lowest BCUT2D eigenvalue weighted by atomic mass is 10.1. The highest BCUT2D eigenvalue weighted by Crippen LogP contribution is 2.36. The molecule has 2 aliphatic heterocycles. The lowest BCUT2D eigenvalue weighted by molar-refractivity contribution is -0.112. The van der Waals surface area contributed by atoms with Crippen molar-refractivity contribution in [2.75, 3.05) is 18.2 Å². The number of amides is 2. The molecule has 0 unspecified atom stereocenters. The van der Waals surface area contributed by atoms with Gasteiger partial charge in [-0.3, -0.25) is 9.59 Å². The van der Waals surface area contributed by atoms with E-state index in [9.17, 15) is 19.2 Å². The first-order chi connectivity index (χ1) is 15.4. The van der Waals surface area contributed by atoms with Gasteiger partial charge in [-0.1, -0.05) is 19.0 Å². The van der Waals surface area contributed by atoms with E-state index >= 15 is 0 Å².